The fraction of sp³-hybridized carbons (Fsp3) is 0.615. The lowest BCUT2D eigenvalue weighted by atomic mass is 10.2. The standard InChI is InChI=1S/C13H21N3OS/c1-15(7-8-16-5-3-14-4-6-16)13(17)10-12-2-9-18-11-12/h2,9,11,14H,3-8,10H2,1H3. The number of amides is 1. The lowest BCUT2D eigenvalue weighted by Gasteiger charge is -2.29. The molecule has 18 heavy (non-hydrogen) atoms. The predicted octanol–water partition coefficient (Wildman–Crippen LogP) is 0.654. The molecule has 1 aromatic heterocycles. The van der Waals surface area contributed by atoms with Crippen molar-refractivity contribution in [1.29, 1.82) is 0 Å². The van der Waals surface area contributed by atoms with Gasteiger partial charge in [0.15, 0.2) is 0 Å². The largest absolute Gasteiger partial charge is 0.344 e. The van der Waals surface area contributed by atoms with Crippen LogP contribution in [0.15, 0.2) is 16.8 Å². The average Bonchev–Trinajstić information content (AvgIpc) is 2.90. The van der Waals surface area contributed by atoms with Crippen LogP contribution in [0.3, 0.4) is 0 Å². The predicted molar refractivity (Wildman–Crippen MR) is 75.0 cm³/mol. The summed E-state index contributed by atoms with van der Waals surface area (Å²) in [5.41, 5.74) is 1.12. The molecule has 0 saturated carbocycles. The highest BCUT2D eigenvalue weighted by molar-refractivity contribution is 7.07. The van der Waals surface area contributed by atoms with Crippen LogP contribution in [0.2, 0.25) is 0 Å². The van der Waals surface area contributed by atoms with Crippen molar-refractivity contribution in [2.45, 2.75) is 6.42 Å². The quantitative estimate of drug-likeness (QED) is 0.851. The Labute approximate surface area is 113 Å². The van der Waals surface area contributed by atoms with Crippen LogP contribution < -0.4 is 5.32 Å². The van der Waals surface area contributed by atoms with Gasteiger partial charge in [0.2, 0.25) is 5.91 Å². The van der Waals surface area contributed by atoms with Crippen LogP contribution in [0.1, 0.15) is 5.56 Å². The van der Waals surface area contributed by atoms with E-state index in [4.69, 9.17) is 0 Å². The summed E-state index contributed by atoms with van der Waals surface area (Å²) < 4.78 is 0. The molecule has 1 aliphatic heterocycles. The zero-order valence-electron chi connectivity index (χ0n) is 10.9. The second-order valence-electron chi connectivity index (χ2n) is 4.72. The van der Waals surface area contributed by atoms with Gasteiger partial charge in [-0.3, -0.25) is 9.69 Å². The Hall–Kier alpha value is -0.910. The number of carbonyl (C=O) groups excluding carboxylic acids is 1. The number of piperazine rings is 1. The molecule has 1 fully saturated rings. The summed E-state index contributed by atoms with van der Waals surface area (Å²) in [5, 5.41) is 7.39. The van der Waals surface area contributed by atoms with Gasteiger partial charge in [-0.15, -0.1) is 0 Å². The molecule has 4 nitrogen and oxygen atoms in total. The molecule has 1 saturated heterocycles. The number of nitrogens with zero attached hydrogens (tertiary/aromatic N) is 2. The summed E-state index contributed by atoms with van der Waals surface area (Å²) in [7, 11) is 1.90. The van der Waals surface area contributed by atoms with E-state index in [1.54, 1.807) is 11.3 Å². The van der Waals surface area contributed by atoms with Crippen molar-refractivity contribution in [3.8, 4) is 0 Å². The van der Waals surface area contributed by atoms with Gasteiger partial charge >= 0.3 is 0 Å². The molecule has 1 aromatic rings. The van der Waals surface area contributed by atoms with Crippen LogP contribution >= 0.6 is 11.3 Å². The Kier molecular flexibility index (Phi) is 5.16. The van der Waals surface area contributed by atoms with Crippen molar-refractivity contribution in [2.24, 2.45) is 0 Å². The number of likely N-dealkylation sites (N-methyl/N-ethyl adjacent to an activating group) is 1. The van der Waals surface area contributed by atoms with E-state index in [9.17, 15) is 4.79 Å². The van der Waals surface area contributed by atoms with E-state index in [-0.39, 0.29) is 5.91 Å². The summed E-state index contributed by atoms with van der Waals surface area (Å²) in [5.74, 6) is 0.212. The molecule has 2 rings (SSSR count). The highest BCUT2D eigenvalue weighted by atomic mass is 32.1. The number of nitrogens with one attached hydrogen (secondary N) is 1. The smallest absolute Gasteiger partial charge is 0.226 e. The lowest BCUT2D eigenvalue weighted by Crippen LogP contribution is -2.46. The van der Waals surface area contributed by atoms with Gasteiger partial charge in [0, 0.05) is 46.3 Å². The maximum absolute atomic E-state index is 12.0. The fourth-order valence-corrected chi connectivity index (χ4v) is 2.72. The molecule has 0 unspecified atom stereocenters. The van der Waals surface area contributed by atoms with Crippen molar-refractivity contribution in [1.82, 2.24) is 15.1 Å². The zero-order valence-corrected chi connectivity index (χ0v) is 11.7. The molecule has 2 heterocycles. The molecule has 0 aromatic carbocycles. The zero-order chi connectivity index (χ0) is 12.8. The SMILES string of the molecule is CN(CCN1CCNCC1)C(=O)Cc1ccsc1. The van der Waals surface area contributed by atoms with E-state index >= 15 is 0 Å². The maximum Gasteiger partial charge on any atom is 0.226 e. The highest BCUT2D eigenvalue weighted by Gasteiger charge is 2.13. The molecule has 1 N–H and O–H groups in total. The van der Waals surface area contributed by atoms with Crippen LogP contribution in [0.25, 0.3) is 0 Å². The summed E-state index contributed by atoms with van der Waals surface area (Å²) in [6.07, 6.45) is 0.529. The van der Waals surface area contributed by atoms with Gasteiger partial charge in [-0.25, -0.2) is 0 Å². The first-order chi connectivity index (χ1) is 8.75. The number of hydrogen-bond acceptors (Lipinski definition) is 4. The van der Waals surface area contributed by atoms with Crippen LogP contribution in [-0.4, -0.2) is 62.0 Å². The highest BCUT2D eigenvalue weighted by Crippen LogP contribution is 2.07. The number of rotatable bonds is 5. The first-order valence-electron chi connectivity index (χ1n) is 6.44. The Morgan fingerprint density at radius 2 is 2.28 bits per heavy atom. The molecule has 0 bridgehead atoms. The first-order valence-corrected chi connectivity index (χ1v) is 7.38. The molecule has 0 aliphatic carbocycles. The van der Waals surface area contributed by atoms with Crippen LogP contribution in [0, 0.1) is 0 Å². The summed E-state index contributed by atoms with van der Waals surface area (Å²) in [6.45, 7) is 6.11. The van der Waals surface area contributed by atoms with E-state index in [0.29, 0.717) is 6.42 Å². The van der Waals surface area contributed by atoms with E-state index in [1.807, 2.05) is 28.8 Å². The van der Waals surface area contributed by atoms with Gasteiger partial charge in [0.1, 0.15) is 0 Å². The second kappa shape index (κ2) is 6.87. The summed E-state index contributed by atoms with van der Waals surface area (Å²) in [6, 6.07) is 2.02. The molecule has 0 spiro atoms. The van der Waals surface area contributed by atoms with Crippen molar-refractivity contribution in [3.63, 3.8) is 0 Å². The summed E-state index contributed by atoms with van der Waals surface area (Å²) in [4.78, 5) is 16.2. The minimum Gasteiger partial charge on any atom is -0.344 e. The summed E-state index contributed by atoms with van der Waals surface area (Å²) >= 11 is 1.64. The van der Waals surface area contributed by atoms with E-state index in [1.165, 1.54) is 0 Å². The first kappa shape index (κ1) is 13.5. The lowest BCUT2D eigenvalue weighted by molar-refractivity contribution is -0.129. The minimum absolute atomic E-state index is 0.212. The molecule has 5 heteroatoms. The Morgan fingerprint density at radius 1 is 1.50 bits per heavy atom. The van der Waals surface area contributed by atoms with Crippen molar-refractivity contribution >= 4 is 17.2 Å². The topological polar surface area (TPSA) is 35.6 Å². The minimum atomic E-state index is 0.212. The van der Waals surface area contributed by atoms with Crippen LogP contribution in [0.5, 0.6) is 0 Å². The number of hydrogen-bond donors (Lipinski definition) is 1. The third kappa shape index (κ3) is 4.08. The van der Waals surface area contributed by atoms with Gasteiger partial charge in [-0.05, 0) is 22.4 Å². The van der Waals surface area contributed by atoms with Gasteiger partial charge in [0.25, 0.3) is 0 Å². The van der Waals surface area contributed by atoms with E-state index < -0.39 is 0 Å². The molecular formula is C13H21N3OS. The maximum atomic E-state index is 12.0. The molecule has 1 amide bonds. The van der Waals surface area contributed by atoms with E-state index in [2.05, 4.69) is 10.2 Å². The van der Waals surface area contributed by atoms with E-state index in [0.717, 1.165) is 44.8 Å². The van der Waals surface area contributed by atoms with Crippen LogP contribution in [-0.2, 0) is 11.2 Å². The van der Waals surface area contributed by atoms with Gasteiger partial charge in [-0.1, -0.05) is 0 Å². The average molecular weight is 267 g/mol. The number of thiophene rings is 1. The van der Waals surface area contributed by atoms with Crippen molar-refractivity contribution in [3.05, 3.63) is 22.4 Å². The molecule has 0 atom stereocenters. The molecule has 1 aliphatic rings. The monoisotopic (exact) mass is 267 g/mol. The third-order valence-electron chi connectivity index (χ3n) is 3.32. The Balaban J connectivity index is 1.70. The third-order valence-corrected chi connectivity index (χ3v) is 4.05. The van der Waals surface area contributed by atoms with Gasteiger partial charge in [0.05, 0.1) is 6.42 Å². The second-order valence-corrected chi connectivity index (χ2v) is 5.50. The van der Waals surface area contributed by atoms with Gasteiger partial charge in [-0.2, -0.15) is 11.3 Å². The normalized spacial score (nSPS) is 16.7. The Bertz CT molecular complexity index is 360. The Morgan fingerprint density at radius 3 is 2.94 bits per heavy atom. The van der Waals surface area contributed by atoms with Crippen LogP contribution in [0.4, 0.5) is 0 Å². The van der Waals surface area contributed by atoms with Crippen molar-refractivity contribution in [2.75, 3.05) is 46.3 Å². The van der Waals surface area contributed by atoms with Gasteiger partial charge < -0.3 is 10.2 Å². The fourth-order valence-electron chi connectivity index (χ4n) is 2.05. The molecular weight excluding hydrogens is 246 g/mol. The van der Waals surface area contributed by atoms with Crippen molar-refractivity contribution < 1.29 is 4.79 Å². The molecule has 100 valence electrons. The molecule has 0 radical (unpaired) electrons. The number of carbonyl (C=O) groups is 1.